The van der Waals surface area contributed by atoms with E-state index >= 15 is 0 Å². The lowest BCUT2D eigenvalue weighted by Gasteiger charge is -2.51. The van der Waals surface area contributed by atoms with Crippen molar-refractivity contribution in [2.24, 2.45) is 29.1 Å². The Bertz CT molecular complexity index is 211. The Morgan fingerprint density at radius 2 is 1.62 bits per heavy atom. The van der Waals surface area contributed by atoms with Gasteiger partial charge in [-0.25, -0.2) is 0 Å². The standard InChI is InChI=1S/C16H30/c1-5-12(2)8-16-9-13(3)6-15(11-16)7-14(4)10-16/h12-15H,5-11H2,1-4H3. The molecular weight excluding hydrogens is 192 g/mol. The molecule has 2 fully saturated rings. The second kappa shape index (κ2) is 4.70. The first-order valence-corrected chi connectivity index (χ1v) is 7.53. The van der Waals surface area contributed by atoms with Crippen LogP contribution in [0.5, 0.6) is 0 Å². The van der Waals surface area contributed by atoms with Crippen molar-refractivity contribution in [3.05, 3.63) is 0 Å². The number of fused-ring (bicyclic) bond motifs is 2. The molecule has 0 aromatic carbocycles. The van der Waals surface area contributed by atoms with E-state index in [4.69, 9.17) is 0 Å². The van der Waals surface area contributed by atoms with Gasteiger partial charge >= 0.3 is 0 Å². The van der Waals surface area contributed by atoms with Crippen LogP contribution in [0.2, 0.25) is 0 Å². The summed E-state index contributed by atoms with van der Waals surface area (Å²) in [6.07, 6.45) is 10.5. The van der Waals surface area contributed by atoms with Crippen LogP contribution in [0.25, 0.3) is 0 Å². The molecule has 0 aromatic rings. The fourth-order valence-electron chi connectivity index (χ4n) is 5.04. The monoisotopic (exact) mass is 222 g/mol. The first-order chi connectivity index (χ1) is 7.53. The van der Waals surface area contributed by atoms with Crippen molar-refractivity contribution in [2.75, 3.05) is 0 Å². The molecule has 0 heterocycles. The summed E-state index contributed by atoms with van der Waals surface area (Å²) in [6, 6.07) is 0. The molecule has 0 spiro atoms. The fraction of sp³-hybridized carbons (Fsp3) is 1.00. The summed E-state index contributed by atoms with van der Waals surface area (Å²) < 4.78 is 0. The van der Waals surface area contributed by atoms with Crippen LogP contribution in [-0.4, -0.2) is 0 Å². The van der Waals surface area contributed by atoms with Gasteiger partial charge in [-0.15, -0.1) is 0 Å². The summed E-state index contributed by atoms with van der Waals surface area (Å²) in [7, 11) is 0. The number of rotatable bonds is 3. The number of hydrogen-bond donors (Lipinski definition) is 0. The first-order valence-electron chi connectivity index (χ1n) is 7.53. The molecule has 3 unspecified atom stereocenters. The molecule has 3 atom stereocenters. The number of hydrogen-bond acceptors (Lipinski definition) is 0. The molecule has 0 heteroatoms. The van der Waals surface area contributed by atoms with Gasteiger partial charge in [-0.2, -0.15) is 0 Å². The van der Waals surface area contributed by atoms with E-state index in [1.165, 1.54) is 38.5 Å². The van der Waals surface area contributed by atoms with Gasteiger partial charge in [0.1, 0.15) is 0 Å². The zero-order valence-corrected chi connectivity index (χ0v) is 11.8. The summed E-state index contributed by atoms with van der Waals surface area (Å²) in [5.41, 5.74) is 0.745. The Balaban J connectivity index is 2.08. The smallest absolute Gasteiger partial charge is 0.0287 e. The van der Waals surface area contributed by atoms with E-state index in [0.717, 1.165) is 29.1 Å². The quantitative estimate of drug-likeness (QED) is 0.610. The SMILES string of the molecule is CCC(C)CC12CC(C)CC(CC(C)C1)C2. The Kier molecular flexibility index (Phi) is 3.66. The van der Waals surface area contributed by atoms with Crippen molar-refractivity contribution in [3.63, 3.8) is 0 Å². The molecule has 0 nitrogen and oxygen atoms in total. The van der Waals surface area contributed by atoms with Crippen LogP contribution in [0.15, 0.2) is 0 Å². The van der Waals surface area contributed by atoms with Gasteiger partial charge in [-0.05, 0) is 67.6 Å². The van der Waals surface area contributed by atoms with Crippen molar-refractivity contribution in [1.82, 2.24) is 0 Å². The lowest BCUT2D eigenvalue weighted by molar-refractivity contribution is 0.000443. The van der Waals surface area contributed by atoms with E-state index in [1.807, 2.05) is 0 Å². The summed E-state index contributed by atoms with van der Waals surface area (Å²) in [5.74, 6) is 4.00. The van der Waals surface area contributed by atoms with Gasteiger partial charge in [-0.3, -0.25) is 0 Å². The maximum Gasteiger partial charge on any atom is -0.0287 e. The van der Waals surface area contributed by atoms with E-state index in [0.29, 0.717) is 0 Å². The Hall–Kier alpha value is 0. The molecule has 0 aliphatic heterocycles. The molecule has 0 N–H and O–H groups in total. The molecule has 2 saturated carbocycles. The van der Waals surface area contributed by atoms with Gasteiger partial charge in [0.25, 0.3) is 0 Å². The maximum absolute atomic E-state index is 2.49. The summed E-state index contributed by atoms with van der Waals surface area (Å²) >= 11 is 0. The van der Waals surface area contributed by atoms with Gasteiger partial charge in [0.05, 0.1) is 0 Å². The van der Waals surface area contributed by atoms with Crippen LogP contribution in [0.3, 0.4) is 0 Å². The lowest BCUT2D eigenvalue weighted by Crippen LogP contribution is -2.40. The molecular formula is C16H30. The highest BCUT2D eigenvalue weighted by molar-refractivity contribution is 4.95. The van der Waals surface area contributed by atoms with Gasteiger partial charge in [0.2, 0.25) is 0 Å². The largest absolute Gasteiger partial charge is 0.0651 e. The third kappa shape index (κ3) is 2.63. The van der Waals surface area contributed by atoms with Crippen LogP contribution in [0.1, 0.15) is 72.6 Å². The third-order valence-corrected chi connectivity index (χ3v) is 5.23. The molecule has 94 valence electrons. The third-order valence-electron chi connectivity index (χ3n) is 5.23. The summed E-state index contributed by atoms with van der Waals surface area (Å²) in [4.78, 5) is 0. The zero-order valence-electron chi connectivity index (χ0n) is 11.8. The zero-order chi connectivity index (χ0) is 11.8. The van der Waals surface area contributed by atoms with Gasteiger partial charge in [0, 0.05) is 0 Å². The van der Waals surface area contributed by atoms with E-state index in [2.05, 4.69) is 27.7 Å². The molecule has 2 aliphatic carbocycles. The minimum Gasteiger partial charge on any atom is -0.0651 e. The van der Waals surface area contributed by atoms with Crippen molar-refractivity contribution in [1.29, 1.82) is 0 Å². The fourth-order valence-corrected chi connectivity index (χ4v) is 5.04. The molecule has 0 radical (unpaired) electrons. The minimum absolute atomic E-state index is 0.745. The van der Waals surface area contributed by atoms with Crippen LogP contribution < -0.4 is 0 Å². The molecule has 0 aromatic heterocycles. The van der Waals surface area contributed by atoms with E-state index in [9.17, 15) is 0 Å². The molecule has 16 heavy (non-hydrogen) atoms. The van der Waals surface area contributed by atoms with Gasteiger partial charge < -0.3 is 0 Å². The topological polar surface area (TPSA) is 0 Å². The highest BCUT2D eigenvalue weighted by Gasteiger charge is 2.44. The highest BCUT2D eigenvalue weighted by Crippen LogP contribution is 2.55. The molecule has 2 bridgehead atoms. The van der Waals surface area contributed by atoms with E-state index in [1.54, 1.807) is 6.42 Å². The van der Waals surface area contributed by atoms with E-state index < -0.39 is 0 Å². The first kappa shape index (κ1) is 12.5. The molecule has 2 rings (SSSR count). The van der Waals surface area contributed by atoms with Crippen LogP contribution in [0, 0.1) is 29.1 Å². The predicted molar refractivity (Wildman–Crippen MR) is 71.4 cm³/mol. The normalized spacial score (nSPS) is 45.4. The Morgan fingerprint density at radius 1 is 1.06 bits per heavy atom. The highest BCUT2D eigenvalue weighted by atomic mass is 14.5. The maximum atomic E-state index is 2.49. The summed E-state index contributed by atoms with van der Waals surface area (Å²) in [5, 5.41) is 0. The molecule has 2 aliphatic rings. The van der Waals surface area contributed by atoms with Gasteiger partial charge in [0.15, 0.2) is 0 Å². The van der Waals surface area contributed by atoms with Crippen molar-refractivity contribution >= 4 is 0 Å². The Labute approximate surface area is 102 Å². The summed E-state index contributed by atoms with van der Waals surface area (Å²) in [6.45, 7) is 9.81. The van der Waals surface area contributed by atoms with Crippen molar-refractivity contribution < 1.29 is 0 Å². The molecule has 0 saturated heterocycles. The predicted octanol–water partition coefficient (Wildman–Crippen LogP) is 5.28. The second-order valence-electron chi connectivity index (χ2n) is 7.38. The lowest BCUT2D eigenvalue weighted by atomic mass is 9.54. The van der Waals surface area contributed by atoms with E-state index in [-0.39, 0.29) is 0 Å². The molecule has 0 amide bonds. The van der Waals surface area contributed by atoms with Crippen LogP contribution in [0.4, 0.5) is 0 Å². The average molecular weight is 222 g/mol. The second-order valence-corrected chi connectivity index (χ2v) is 7.38. The Morgan fingerprint density at radius 3 is 2.12 bits per heavy atom. The average Bonchev–Trinajstić information content (AvgIpc) is 2.13. The van der Waals surface area contributed by atoms with Crippen molar-refractivity contribution in [3.8, 4) is 0 Å². The van der Waals surface area contributed by atoms with Crippen LogP contribution >= 0.6 is 0 Å². The van der Waals surface area contributed by atoms with Gasteiger partial charge in [-0.1, -0.05) is 34.1 Å². The van der Waals surface area contributed by atoms with Crippen LogP contribution in [-0.2, 0) is 0 Å². The van der Waals surface area contributed by atoms with Crippen molar-refractivity contribution in [2.45, 2.75) is 72.6 Å². The minimum atomic E-state index is 0.745.